The van der Waals surface area contributed by atoms with E-state index in [-0.39, 0.29) is 0 Å². The van der Waals surface area contributed by atoms with E-state index in [0.717, 1.165) is 5.57 Å². The number of rotatable bonds is 5. The topological polar surface area (TPSA) is 75.3 Å². The summed E-state index contributed by atoms with van der Waals surface area (Å²) in [4.78, 5) is 10.1. The molecule has 0 aromatic carbocycles. The van der Waals surface area contributed by atoms with E-state index in [2.05, 4.69) is 5.32 Å². The maximum Gasteiger partial charge on any atom is 0.328 e. The van der Waals surface area contributed by atoms with E-state index >= 15 is 0 Å². The predicted octanol–water partition coefficient (Wildman–Crippen LogP) is -0.434. The molecule has 0 fully saturated rings. The van der Waals surface area contributed by atoms with Gasteiger partial charge in [-0.15, -0.1) is 0 Å². The first-order valence-corrected chi connectivity index (χ1v) is 3.47. The van der Waals surface area contributed by atoms with Gasteiger partial charge in [0.15, 0.2) is 0 Å². The third-order valence-corrected chi connectivity index (χ3v) is 1.09. The molecule has 0 atom stereocenters. The Labute approximate surface area is 66.1 Å². The van der Waals surface area contributed by atoms with Crippen molar-refractivity contribution in [1.82, 2.24) is 5.32 Å². The highest BCUT2D eigenvalue weighted by Crippen LogP contribution is 1.87. The zero-order chi connectivity index (χ0) is 8.69. The van der Waals surface area contributed by atoms with Crippen LogP contribution in [0.25, 0.3) is 0 Å². The summed E-state index contributed by atoms with van der Waals surface area (Å²) in [5.41, 5.74) is 6.01. The summed E-state index contributed by atoms with van der Waals surface area (Å²) in [5.74, 6) is -0.906. The minimum atomic E-state index is -0.906. The summed E-state index contributed by atoms with van der Waals surface area (Å²) < 4.78 is 0. The van der Waals surface area contributed by atoms with Crippen LogP contribution in [0.4, 0.5) is 0 Å². The third kappa shape index (κ3) is 7.02. The Bertz CT molecular complexity index is 155. The lowest BCUT2D eigenvalue weighted by Crippen LogP contribution is -2.24. The van der Waals surface area contributed by atoms with Gasteiger partial charge < -0.3 is 16.2 Å². The zero-order valence-corrected chi connectivity index (χ0v) is 6.63. The number of hydrogen-bond acceptors (Lipinski definition) is 3. The fraction of sp³-hybridized carbons (Fsp3) is 0.571. The van der Waals surface area contributed by atoms with Gasteiger partial charge in [0.05, 0.1) is 0 Å². The van der Waals surface area contributed by atoms with Crippen molar-refractivity contribution in [2.75, 3.05) is 19.6 Å². The van der Waals surface area contributed by atoms with Crippen molar-refractivity contribution < 1.29 is 9.90 Å². The summed E-state index contributed by atoms with van der Waals surface area (Å²) in [6, 6.07) is 0. The van der Waals surface area contributed by atoms with Gasteiger partial charge in [-0.3, -0.25) is 0 Å². The predicted molar refractivity (Wildman–Crippen MR) is 43.3 cm³/mol. The molecule has 0 amide bonds. The quantitative estimate of drug-likeness (QED) is 0.375. The lowest BCUT2D eigenvalue weighted by Gasteiger charge is -2.00. The van der Waals surface area contributed by atoms with Gasteiger partial charge in [-0.2, -0.15) is 0 Å². The van der Waals surface area contributed by atoms with Gasteiger partial charge in [0.2, 0.25) is 0 Å². The average Bonchev–Trinajstić information content (AvgIpc) is 1.86. The normalized spacial score (nSPS) is 11.6. The molecule has 0 rings (SSSR count). The number of carboxylic acid groups (broad SMARTS) is 1. The Kier molecular flexibility index (Phi) is 5.42. The molecule has 0 saturated heterocycles. The van der Waals surface area contributed by atoms with Crippen LogP contribution in [0.3, 0.4) is 0 Å². The summed E-state index contributed by atoms with van der Waals surface area (Å²) in [7, 11) is 0. The number of nitrogens with two attached hydrogens (primary N) is 1. The smallest absolute Gasteiger partial charge is 0.328 e. The Hall–Kier alpha value is -0.870. The molecule has 0 saturated carbocycles. The van der Waals surface area contributed by atoms with E-state index in [0.29, 0.717) is 19.6 Å². The maximum atomic E-state index is 10.1. The summed E-state index contributed by atoms with van der Waals surface area (Å²) in [6.45, 7) is 3.63. The van der Waals surface area contributed by atoms with E-state index in [1.165, 1.54) is 6.08 Å². The summed E-state index contributed by atoms with van der Waals surface area (Å²) in [5, 5.41) is 11.3. The van der Waals surface area contributed by atoms with Crippen molar-refractivity contribution >= 4 is 5.97 Å². The first-order valence-electron chi connectivity index (χ1n) is 3.47. The van der Waals surface area contributed by atoms with Gasteiger partial charge in [0, 0.05) is 25.7 Å². The van der Waals surface area contributed by atoms with E-state index in [9.17, 15) is 4.79 Å². The van der Waals surface area contributed by atoms with Gasteiger partial charge in [-0.05, 0) is 6.92 Å². The van der Waals surface area contributed by atoms with Gasteiger partial charge in [0.1, 0.15) is 0 Å². The molecule has 0 aromatic heterocycles. The SMILES string of the molecule is CC(=CC(=O)O)CNCCN. The molecule has 0 heterocycles. The highest BCUT2D eigenvalue weighted by molar-refractivity contribution is 5.80. The number of carbonyl (C=O) groups is 1. The van der Waals surface area contributed by atoms with Crippen LogP contribution in [-0.4, -0.2) is 30.7 Å². The fourth-order valence-electron chi connectivity index (χ4n) is 0.649. The summed E-state index contributed by atoms with van der Waals surface area (Å²) in [6.07, 6.45) is 1.18. The molecule has 0 unspecified atom stereocenters. The minimum absolute atomic E-state index is 0.570. The fourth-order valence-corrected chi connectivity index (χ4v) is 0.649. The zero-order valence-electron chi connectivity index (χ0n) is 6.63. The van der Waals surface area contributed by atoms with Crippen LogP contribution in [-0.2, 0) is 4.79 Å². The van der Waals surface area contributed by atoms with E-state index in [1.54, 1.807) is 6.92 Å². The Morgan fingerprint density at radius 2 is 2.36 bits per heavy atom. The Balaban J connectivity index is 3.51. The van der Waals surface area contributed by atoms with Gasteiger partial charge >= 0.3 is 5.97 Å². The van der Waals surface area contributed by atoms with Crippen molar-refractivity contribution in [3.8, 4) is 0 Å². The molecule has 4 nitrogen and oxygen atoms in total. The molecule has 0 radical (unpaired) electrons. The van der Waals surface area contributed by atoms with Crippen LogP contribution < -0.4 is 11.1 Å². The first kappa shape index (κ1) is 10.1. The highest BCUT2D eigenvalue weighted by atomic mass is 16.4. The molecule has 64 valence electrons. The molecule has 4 N–H and O–H groups in total. The Morgan fingerprint density at radius 3 is 2.82 bits per heavy atom. The largest absolute Gasteiger partial charge is 0.478 e. The standard InChI is InChI=1S/C7H14N2O2/c1-6(4-7(10)11)5-9-3-2-8/h4,9H,2-3,5,8H2,1H3,(H,10,11). The van der Waals surface area contributed by atoms with Gasteiger partial charge in [0.25, 0.3) is 0 Å². The average molecular weight is 158 g/mol. The minimum Gasteiger partial charge on any atom is -0.478 e. The second kappa shape index (κ2) is 5.88. The number of aliphatic carboxylic acids is 1. The van der Waals surface area contributed by atoms with Crippen LogP contribution in [0.5, 0.6) is 0 Å². The monoisotopic (exact) mass is 158 g/mol. The van der Waals surface area contributed by atoms with Crippen molar-refractivity contribution in [3.05, 3.63) is 11.6 Å². The molecular weight excluding hydrogens is 144 g/mol. The number of hydrogen-bond donors (Lipinski definition) is 3. The van der Waals surface area contributed by atoms with E-state index < -0.39 is 5.97 Å². The Morgan fingerprint density at radius 1 is 1.73 bits per heavy atom. The highest BCUT2D eigenvalue weighted by Gasteiger charge is 1.92. The van der Waals surface area contributed by atoms with Crippen LogP contribution in [0.1, 0.15) is 6.92 Å². The van der Waals surface area contributed by atoms with Crippen molar-refractivity contribution in [2.45, 2.75) is 6.92 Å². The molecule has 0 aliphatic rings. The molecule has 0 spiro atoms. The first-order chi connectivity index (χ1) is 5.16. The van der Waals surface area contributed by atoms with Crippen molar-refractivity contribution in [2.24, 2.45) is 5.73 Å². The molecule has 0 aromatic rings. The second-order valence-electron chi connectivity index (χ2n) is 2.29. The molecule has 4 heteroatoms. The molecule has 0 bridgehead atoms. The van der Waals surface area contributed by atoms with Crippen molar-refractivity contribution in [1.29, 1.82) is 0 Å². The van der Waals surface area contributed by atoms with E-state index in [4.69, 9.17) is 10.8 Å². The molecule has 11 heavy (non-hydrogen) atoms. The number of carboxylic acids is 1. The molecule has 0 aliphatic heterocycles. The third-order valence-electron chi connectivity index (χ3n) is 1.09. The van der Waals surface area contributed by atoms with Crippen LogP contribution in [0.2, 0.25) is 0 Å². The van der Waals surface area contributed by atoms with Crippen molar-refractivity contribution in [3.63, 3.8) is 0 Å². The van der Waals surface area contributed by atoms with Crippen LogP contribution in [0.15, 0.2) is 11.6 Å². The lowest BCUT2D eigenvalue weighted by atomic mass is 10.3. The number of nitrogens with one attached hydrogen (secondary N) is 1. The van der Waals surface area contributed by atoms with E-state index in [1.807, 2.05) is 0 Å². The second-order valence-corrected chi connectivity index (χ2v) is 2.29. The summed E-state index contributed by atoms with van der Waals surface area (Å²) >= 11 is 0. The maximum absolute atomic E-state index is 10.1. The molecular formula is C7H14N2O2. The van der Waals surface area contributed by atoms with Gasteiger partial charge in [-0.1, -0.05) is 5.57 Å². The van der Waals surface area contributed by atoms with Crippen LogP contribution >= 0.6 is 0 Å². The lowest BCUT2D eigenvalue weighted by molar-refractivity contribution is -0.131. The molecule has 0 aliphatic carbocycles. The van der Waals surface area contributed by atoms with Crippen LogP contribution in [0, 0.1) is 0 Å². The van der Waals surface area contributed by atoms with Gasteiger partial charge in [-0.25, -0.2) is 4.79 Å².